The zero-order chi connectivity index (χ0) is 19.9. The first-order chi connectivity index (χ1) is 13.6. The van der Waals surface area contributed by atoms with E-state index >= 15 is 0 Å². The largest absolute Gasteiger partial charge is 0.494 e. The van der Waals surface area contributed by atoms with Crippen LogP contribution in [0.5, 0.6) is 5.75 Å². The Balaban J connectivity index is 1.40. The lowest BCUT2D eigenvalue weighted by Crippen LogP contribution is -2.46. The number of thiophene rings is 1. The molecule has 2 aromatic rings. The number of rotatable bonds is 7. The number of amides is 1. The molecule has 0 unspecified atom stereocenters. The fourth-order valence-electron chi connectivity index (χ4n) is 3.18. The summed E-state index contributed by atoms with van der Waals surface area (Å²) >= 11 is 1.36. The third kappa shape index (κ3) is 5.29. The SMILES string of the molecule is COc1ccc(CN2CCN(CCC(=O)Nc3sccc3C#N)CC2)cc1F. The summed E-state index contributed by atoms with van der Waals surface area (Å²) in [7, 11) is 1.46. The van der Waals surface area contributed by atoms with Gasteiger partial charge in [0.1, 0.15) is 11.1 Å². The summed E-state index contributed by atoms with van der Waals surface area (Å²) in [4.78, 5) is 16.6. The number of nitriles is 1. The number of nitrogens with zero attached hydrogens (tertiary/aromatic N) is 3. The summed E-state index contributed by atoms with van der Waals surface area (Å²) in [6.07, 6.45) is 0.395. The maximum Gasteiger partial charge on any atom is 0.226 e. The van der Waals surface area contributed by atoms with Gasteiger partial charge in [0.05, 0.1) is 12.7 Å². The molecule has 0 aliphatic carbocycles. The van der Waals surface area contributed by atoms with E-state index in [9.17, 15) is 9.18 Å². The van der Waals surface area contributed by atoms with Gasteiger partial charge in [0.15, 0.2) is 11.6 Å². The third-order valence-corrected chi connectivity index (χ3v) is 5.61. The van der Waals surface area contributed by atoms with Crippen molar-refractivity contribution >= 4 is 22.2 Å². The lowest BCUT2D eigenvalue weighted by molar-refractivity contribution is -0.116. The van der Waals surface area contributed by atoms with Crippen molar-refractivity contribution in [1.82, 2.24) is 9.80 Å². The quantitative estimate of drug-likeness (QED) is 0.771. The molecule has 1 aliphatic rings. The molecule has 148 valence electrons. The number of carbonyl (C=O) groups excluding carboxylic acids is 1. The number of benzene rings is 1. The Bertz CT molecular complexity index is 856. The van der Waals surface area contributed by atoms with Crippen molar-refractivity contribution in [2.24, 2.45) is 0 Å². The van der Waals surface area contributed by atoms with Crippen molar-refractivity contribution in [3.8, 4) is 11.8 Å². The first-order valence-corrected chi connectivity index (χ1v) is 10.0. The highest BCUT2D eigenvalue weighted by Gasteiger charge is 2.18. The minimum Gasteiger partial charge on any atom is -0.494 e. The highest BCUT2D eigenvalue weighted by molar-refractivity contribution is 7.14. The molecule has 0 bridgehead atoms. The Labute approximate surface area is 168 Å². The first kappa shape index (κ1) is 20.3. The molecular weight excluding hydrogens is 379 g/mol. The summed E-state index contributed by atoms with van der Waals surface area (Å²) in [5, 5.41) is 14.2. The summed E-state index contributed by atoms with van der Waals surface area (Å²) in [5.41, 5.74) is 1.43. The number of nitrogens with one attached hydrogen (secondary N) is 1. The number of hydrogen-bond donors (Lipinski definition) is 1. The molecule has 3 rings (SSSR count). The molecule has 2 heterocycles. The van der Waals surface area contributed by atoms with Gasteiger partial charge >= 0.3 is 0 Å². The number of hydrogen-bond acceptors (Lipinski definition) is 6. The van der Waals surface area contributed by atoms with Gasteiger partial charge in [-0.2, -0.15) is 5.26 Å². The van der Waals surface area contributed by atoms with Crippen LogP contribution in [0.25, 0.3) is 0 Å². The molecular formula is C20H23FN4O2S. The van der Waals surface area contributed by atoms with Gasteiger partial charge in [0.2, 0.25) is 5.91 Å². The van der Waals surface area contributed by atoms with E-state index in [0.717, 1.165) is 31.7 Å². The van der Waals surface area contributed by atoms with Crippen molar-refractivity contribution in [3.05, 3.63) is 46.6 Å². The van der Waals surface area contributed by atoms with E-state index in [0.29, 0.717) is 30.1 Å². The van der Waals surface area contributed by atoms with E-state index in [2.05, 4.69) is 21.2 Å². The summed E-state index contributed by atoms with van der Waals surface area (Å²) in [5.74, 6) is -0.152. The lowest BCUT2D eigenvalue weighted by atomic mass is 10.1. The van der Waals surface area contributed by atoms with Crippen molar-refractivity contribution in [3.63, 3.8) is 0 Å². The molecule has 28 heavy (non-hydrogen) atoms. The Morgan fingerprint density at radius 3 is 2.71 bits per heavy atom. The molecule has 0 atom stereocenters. The highest BCUT2D eigenvalue weighted by atomic mass is 32.1. The van der Waals surface area contributed by atoms with Crippen LogP contribution >= 0.6 is 11.3 Å². The van der Waals surface area contributed by atoms with Gasteiger partial charge in [-0.3, -0.25) is 9.69 Å². The van der Waals surface area contributed by atoms with Crippen LogP contribution in [-0.2, 0) is 11.3 Å². The van der Waals surface area contributed by atoms with E-state index in [1.54, 1.807) is 17.5 Å². The minimum atomic E-state index is -0.338. The molecule has 0 spiro atoms. The molecule has 8 heteroatoms. The monoisotopic (exact) mass is 402 g/mol. The molecule has 6 nitrogen and oxygen atoms in total. The normalized spacial score (nSPS) is 15.2. The second kappa shape index (κ2) is 9.64. The van der Waals surface area contributed by atoms with Crippen LogP contribution < -0.4 is 10.1 Å². The molecule has 1 aromatic heterocycles. The van der Waals surface area contributed by atoms with E-state index in [1.165, 1.54) is 24.5 Å². The summed E-state index contributed by atoms with van der Waals surface area (Å²) in [6, 6.07) is 8.84. The third-order valence-electron chi connectivity index (χ3n) is 4.78. The van der Waals surface area contributed by atoms with Crippen LogP contribution in [0.2, 0.25) is 0 Å². The zero-order valence-electron chi connectivity index (χ0n) is 15.8. The fourth-order valence-corrected chi connectivity index (χ4v) is 3.93. The number of ether oxygens (including phenoxy) is 1. The topological polar surface area (TPSA) is 68.6 Å². The predicted octanol–water partition coefficient (Wildman–Crippen LogP) is 2.91. The van der Waals surface area contributed by atoms with Gasteiger partial charge in [-0.25, -0.2) is 4.39 Å². The van der Waals surface area contributed by atoms with Crippen LogP contribution in [0.15, 0.2) is 29.6 Å². The molecule has 1 aliphatic heterocycles. The van der Waals surface area contributed by atoms with Crippen LogP contribution in [0, 0.1) is 17.1 Å². The summed E-state index contributed by atoms with van der Waals surface area (Å²) < 4.78 is 18.8. The Kier molecular flexibility index (Phi) is 6.98. The standard InChI is InChI=1S/C20H23FN4O2S/c1-27-18-3-2-15(12-17(18)21)14-25-9-7-24(8-10-25)6-4-19(26)23-20-16(13-22)5-11-28-20/h2-3,5,11-12H,4,6-10,14H2,1H3,(H,23,26). The van der Waals surface area contributed by atoms with Crippen LogP contribution in [-0.4, -0.2) is 55.5 Å². The maximum absolute atomic E-state index is 13.8. The van der Waals surface area contributed by atoms with E-state index in [1.807, 2.05) is 6.07 Å². The number of anilines is 1. The number of carbonyl (C=O) groups is 1. The molecule has 0 saturated carbocycles. The molecule has 1 aromatic carbocycles. The molecule has 1 N–H and O–H groups in total. The predicted molar refractivity (Wildman–Crippen MR) is 107 cm³/mol. The number of piperazine rings is 1. The van der Waals surface area contributed by atoms with Crippen molar-refractivity contribution in [1.29, 1.82) is 5.26 Å². The maximum atomic E-state index is 13.8. The van der Waals surface area contributed by atoms with Gasteiger partial charge in [-0.1, -0.05) is 6.07 Å². The average molecular weight is 402 g/mol. The van der Waals surface area contributed by atoms with Gasteiger partial charge in [0.25, 0.3) is 0 Å². The second-order valence-corrected chi connectivity index (χ2v) is 7.58. The van der Waals surface area contributed by atoms with Gasteiger partial charge < -0.3 is 15.0 Å². The Morgan fingerprint density at radius 1 is 1.29 bits per heavy atom. The molecule has 1 amide bonds. The Hall–Kier alpha value is -2.47. The zero-order valence-corrected chi connectivity index (χ0v) is 16.6. The molecule has 1 fully saturated rings. The molecule has 0 radical (unpaired) electrons. The fraction of sp³-hybridized carbons (Fsp3) is 0.400. The Morgan fingerprint density at radius 2 is 2.04 bits per heavy atom. The van der Waals surface area contributed by atoms with Gasteiger partial charge in [0, 0.05) is 45.7 Å². The van der Waals surface area contributed by atoms with E-state index in [-0.39, 0.29) is 17.5 Å². The van der Waals surface area contributed by atoms with Crippen LogP contribution in [0.1, 0.15) is 17.5 Å². The van der Waals surface area contributed by atoms with Gasteiger partial charge in [-0.05, 0) is 29.1 Å². The van der Waals surface area contributed by atoms with E-state index < -0.39 is 0 Å². The van der Waals surface area contributed by atoms with E-state index in [4.69, 9.17) is 10.00 Å². The lowest BCUT2D eigenvalue weighted by Gasteiger charge is -2.34. The number of methoxy groups -OCH3 is 1. The van der Waals surface area contributed by atoms with Gasteiger partial charge in [-0.15, -0.1) is 11.3 Å². The average Bonchev–Trinajstić information content (AvgIpc) is 3.14. The summed E-state index contributed by atoms with van der Waals surface area (Å²) in [6.45, 7) is 4.87. The van der Waals surface area contributed by atoms with Crippen LogP contribution in [0.4, 0.5) is 9.39 Å². The second-order valence-electron chi connectivity index (χ2n) is 6.66. The smallest absolute Gasteiger partial charge is 0.226 e. The minimum absolute atomic E-state index is 0.0740. The number of halogens is 1. The van der Waals surface area contributed by atoms with Crippen molar-refractivity contribution < 1.29 is 13.9 Å². The van der Waals surface area contributed by atoms with Crippen molar-refractivity contribution in [2.75, 3.05) is 45.2 Å². The van der Waals surface area contributed by atoms with Crippen LogP contribution in [0.3, 0.4) is 0 Å². The highest BCUT2D eigenvalue weighted by Crippen LogP contribution is 2.22. The molecule has 1 saturated heterocycles. The van der Waals surface area contributed by atoms with Crippen molar-refractivity contribution in [2.45, 2.75) is 13.0 Å². The first-order valence-electron chi connectivity index (χ1n) is 9.13.